The number of esters is 1. The van der Waals surface area contributed by atoms with Gasteiger partial charge in [-0.25, -0.2) is 13.2 Å². The summed E-state index contributed by atoms with van der Waals surface area (Å²) in [5, 5.41) is 0. The average molecular weight is 398 g/mol. The van der Waals surface area contributed by atoms with Crippen molar-refractivity contribution < 1.29 is 27.5 Å². The van der Waals surface area contributed by atoms with E-state index >= 15 is 0 Å². The lowest BCUT2D eigenvalue weighted by Gasteiger charge is -2.34. The fourth-order valence-electron chi connectivity index (χ4n) is 2.66. The molecule has 1 aliphatic rings. The molecule has 0 spiro atoms. The van der Waals surface area contributed by atoms with Gasteiger partial charge in [-0.05, 0) is 44.0 Å². The van der Waals surface area contributed by atoms with Crippen LogP contribution >= 0.6 is 0 Å². The summed E-state index contributed by atoms with van der Waals surface area (Å²) in [7, 11) is -3.59. The van der Waals surface area contributed by atoms with Gasteiger partial charge in [-0.1, -0.05) is 6.07 Å². The van der Waals surface area contributed by atoms with Crippen molar-refractivity contribution in [1.82, 2.24) is 9.21 Å². The van der Waals surface area contributed by atoms with Crippen LogP contribution in [0.3, 0.4) is 0 Å². The number of aryl methyl sites for hydroxylation is 2. The smallest absolute Gasteiger partial charge is 0.332 e. The van der Waals surface area contributed by atoms with Crippen LogP contribution in [0.2, 0.25) is 0 Å². The fraction of sp³-hybridized carbons (Fsp3) is 0.556. The minimum atomic E-state index is -3.59. The number of carbonyl (C=O) groups is 2. The highest BCUT2D eigenvalue weighted by atomic mass is 32.2. The summed E-state index contributed by atoms with van der Waals surface area (Å²) >= 11 is 0. The molecule has 0 unspecified atom stereocenters. The molecule has 1 aromatic carbocycles. The Morgan fingerprint density at radius 1 is 1.04 bits per heavy atom. The molecule has 0 saturated carbocycles. The topological polar surface area (TPSA) is 93.2 Å². The molecule has 0 radical (unpaired) electrons. The van der Waals surface area contributed by atoms with Crippen LogP contribution < -0.4 is 0 Å². The number of hydrogen-bond acceptors (Lipinski definition) is 6. The van der Waals surface area contributed by atoms with Crippen LogP contribution in [-0.2, 0) is 29.1 Å². The fourth-order valence-corrected chi connectivity index (χ4v) is 4.17. The molecule has 1 aliphatic heterocycles. The van der Waals surface area contributed by atoms with E-state index in [1.807, 2.05) is 13.8 Å². The van der Waals surface area contributed by atoms with Crippen molar-refractivity contribution in [3.8, 4) is 0 Å². The van der Waals surface area contributed by atoms with Crippen molar-refractivity contribution in [3.05, 3.63) is 29.3 Å². The van der Waals surface area contributed by atoms with Gasteiger partial charge in [-0.3, -0.25) is 4.79 Å². The summed E-state index contributed by atoms with van der Waals surface area (Å²) in [4.78, 5) is 25.3. The maximum absolute atomic E-state index is 12.8. The SMILES string of the molecule is CCOCC(=O)OCC(=O)N1CCN(S(=O)(=O)c2ccc(C)c(C)c2)CC1. The number of nitrogens with zero attached hydrogens (tertiary/aromatic N) is 2. The summed E-state index contributed by atoms with van der Waals surface area (Å²) in [5.74, 6) is -0.941. The van der Waals surface area contributed by atoms with Gasteiger partial charge in [0.25, 0.3) is 5.91 Å². The minimum Gasteiger partial charge on any atom is -0.454 e. The molecule has 0 N–H and O–H groups in total. The second kappa shape index (κ2) is 9.29. The van der Waals surface area contributed by atoms with Crippen molar-refractivity contribution in [2.75, 3.05) is 46.0 Å². The zero-order valence-electron chi connectivity index (χ0n) is 15.9. The van der Waals surface area contributed by atoms with Crippen LogP contribution in [0.1, 0.15) is 18.1 Å². The number of amides is 1. The lowest BCUT2D eigenvalue weighted by Crippen LogP contribution is -2.51. The van der Waals surface area contributed by atoms with Crippen LogP contribution in [0.15, 0.2) is 23.1 Å². The maximum Gasteiger partial charge on any atom is 0.332 e. The standard InChI is InChI=1S/C18H26N2O6S/c1-4-25-13-18(22)26-12-17(21)19-7-9-20(10-8-19)27(23,24)16-6-5-14(2)15(3)11-16/h5-6,11H,4,7-10,12-13H2,1-3H3. The predicted molar refractivity (Wildman–Crippen MR) is 98.7 cm³/mol. The quantitative estimate of drug-likeness (QED) is 0.628. The van der Waals surface area contributed by atoms with Gasteiger partial charge >= 0.3 is 5.97 Å². The third-order valence-electron chi connectivity index (χ3n) is 4.49. The van der Waals surface area contributed by atoms with Gasteiger partial charge in [0.1, 0.15) is 6.61 Å². The van der Waals surface area contributed by atoms with Crippen molar-refractivity contribution in [2.24, 2.45) is 0 Å². The molecule has 1 amide bonds. The summed E-state index contributed by atoms with van der Waals surface area (Å²) in [6.45, 7) is 6.31. The molecule has 1 aromatic rings. The van der Waals surface area contributed by atoms with E-state index in [2.05, 4.69) is 0 Å². The number of benzene rings is 1. The number of sulfonamides is 1. The van der Waals surface area contributed by atoms with E-state index in [-0.39, 0.29) is 50.2 Å². The van der Waals surface area contributed by atoms with Gasteiger partial charge in [0.2, 0.25) is 10.0 Å². The Balaban J connectivity index is 1.89. The molecule has 0 aliphatic carbocycles. The monoisotopic (exact) mass is 398 g/mol. The van der Waals surface area contributed by atoms with E-state index in [1.54, 1.807) is 25.1 Å². The van der Waals surface area contributed by atoms with Crippen molar-refractivity contribution in [2.45, 2.75) is 25.7 Å². The normalized spacial score (nSPS) is 15.6. The molecule has 8 nitrogen and oxygen atoms in total. The second-order valence-electron chi connectivity index (χ2n) is 6.33. The van der Waals surface area contributed by atoms with Crippen molar-refractivity contribution >= 4 is 21.9 Å². The Labute approximate surface area is 160 Å². The predicted octanol–water partition coefficient (Wildman–Crippen LogP) is 0.716. The second-order valence-corrected chi connectivity index (χ2v) is 8.27. The summed E-state index contributed by atoms with van der Waals surface area (Å²) in [5.41, 5.74) is 1.95. The molecule has 9 heteroatoms. The highest BCUT2D eigenvalue weighted by molar-refractivity contribution is 7.89. The van der Waals surface area contributed by atoms with Gasteiger partial charge in [0.05, 0.1) is 4.90 Å². The minimum absolute atomic E-state index is 0.189. The first-order chi connectivity index (χ1) is 12.8. The van der Waals surface area contributed by atoms with Crippen LogP contribution in [0, 0.1) is 13.8 Å². The lowest BCUT2D eigenvalue weighted by molar-refractivity contribution is -0.156. The molecule has 150 valence electrons. The maximum atomic E-state index is 12.8. The third kappa shape index (κ3) is 5.50. The first kappa shape index (κ1) is 21.3. The number of piperazine rings is 1. The third-order valence-corrected chi connectivity index (χ3v) is 6.38. The van der Waals surface area contributed by atoms with Crippen LogP contribution in [0.25, 0.3) is 0 Å². The Hall–Kier alpha value is -1.97. The van der Waals surface area contributed by atoms with Gasteiger partial charge < -0.3 is 14.4 Å². The Morgan fingerprint density at radius 2 is 1.70 bits per heavy atom. The Morgan fingerprint density at radius 3 is 2.30 bits per heavy atom. The zero-order valence-corrected chi connectivity index (χ0v) is 16.8. The van der Waals surface area contributed by atoms with E-state index < -0.39 is 16.0 Å². The molecular weight excluding hydrogens is 372 g/mol. The number of carbonyl (C=O) groups excluding carboxylic acids is 2. The molecule has 0 atom stereocenters. The summed E-state index contributed by atoms with van der Waals surface area (Å²) in [6.07, 6.45) is 0. The van der Waals surface area contributed by atoms with Gasteiger partial charge in [0.15, 0.2) is 6.61 Å². The van der Waals surface area contributed by atoms with Crippen LogP contribution in [0.4, 0.5) is 0 Å². The molecule has 2 rings (SSSR count). The first-order valence-corrected chi connectivity index (χ1v) is 10.3. The molecule has 0 bridgehead atoms. The molecule has 1 fully saturated rings. The Bertz CT molecular complexity index is 785. The molecule has 1 heterocycles. The van der Waals surface area contributed by atoms with E-state index in [9.17, 15) is 18.0 Å². The highest BCUT2D eigenvalue weighted by Gasteiger charge is 2.30. The number of rotatable bonds is 7. The van der Waals surface area contributed by atoms with Crippen LogP contribution in [-0.4, -0.2) is 75.5 Å². The van der Waals surface area contributed by atoms with Crippen molar-refractivity contribution in [1.29, 1.82) is 0 Å². The van der Waals surface area contributed by atoms with E-state index in [0.717, 1.165) is 11.1 Å². The first-order valence-electron chi connectivity index (χ1n) is 8.84. The van der Waals surface area contributed by atoms with Gasteiger partial charge in [-0.2, -0.15) is 4.31 Å². The number of ether oxygens (including phenoxy) is 2. The molecule has 27 heavy (non-hydrogen) atoms. The van der Waals surface area contributed by atoms with Crippen molar-refractivity contribution in [3.63, 3.8) is 0 Å². The van der Waals surface area contributed by atoms with Gasteiger partial charge in [-0.15, -0.1) is 0 Å². The molecule has 0 aromatic heterocycles. The molecular formula is C18H26N2O6S. The van der Waals surface area contributed by atoms with E-state index in [0.29, 0.717) is 6.61 Å². The summed E-state index contributed by atoms with van der Waals surface area (Å²) in [6, 6.07) is 5.06. The molecule has 1 saturated heterocycles. The Kier molecular flexibility index (Phi) is 7.34. The van der Waals surface area contributed by atoms with Crippen LogP contribution in [0.5, 0.6) is 0 Å². The number of hydrogen-bond donors (Lipinski definition) is 0. The lowest BCUT2D eigenvalue weighted by atomic mass is 10.1. The highest BCUT2D eigenvalue weighted by Crippen LogP contribution is 2.20. The van der Waals surface area contributed by atoms with Gasteiger partial charge in [0, 0.05) is 32.8 Å². The van der Waals surface area contributed by atoms with E-state index in [1.165, 1.54) is 9.21 Å². The zero-order chi connectivity index (χ0) is 20.0. The average Bonchev–Trinajstić information content (AvgIpc) is 2.66. The summed E-state index contributed by atoms with van der Waals surface area (Å²) < 4.78 is 36.7. The van der Waals surface area contributed by atoms with E-state index in [4.69, 9.17) is 9.47 Å². The largest absolute Gasteiger partial charge is 0.454 e.